The van der Waals surface area contributed by atoms with E-state index in [1.165, 1.54) is 18.4 Å². The summed E-state index contributed by atoms with van der Waals surface area (Å²) < 4.78 is 0. The highest BCUT2D eigenvalue weighted by Crippen LogP contribution is 2.27. The van der Waals surface area contributed by atoms with Gasteiger partial charge in [-0.1, -0.05) is 65.7 Å². The number of hydrogen-bond donors (Lipinski definition) is 1. The van der Waals surface area contributed by atoms with Crippen molar-refractivity contribution in [3.8, 4) is 0 Å². The van der Waals surface area contributed by atoms with Crippen molar-refractivity contribution in [1.82, 2.24) is 20.1 Å². The Balaban J connectivity index is 0.00000353. The molecule has 2 saturated heterocycles. The number of likely N-dealkylation sites (tertiary alicyclic amines) is 1. The summed E-state index contributed by atoms with van der Waals surface area (Å²) in [6.07, 6.45) is 4.02. The van der Waals surface area contributed by atoms with Crippen molar-refractivity contribution >= 4 is 34.9 Å². The number of nitrogens with zero attached hydrogens (tertiary/aromatic N) is 4. The molecule has 38 heavy (non-hydrogen) atoms. The number of carbonyl (C=O) groups excluding carboxylic acids is 1. The van der Waals surface area contributed by atoms with Crippen LogP contribution >= 0.6 is 23.2 Å². The molecule has 5 rings (SSSR count). The summed E-state index contributed by atoms with van der Waals surface area (Å²) in [7, 11) is 0. The molecule has 2 fully saturated rings. The second-order valence-electron chi connectivity index (χ2n) is 10.3. The van der Waals surface area contributed by atoms with Crippen molar-refractivity contribution in [2.75, 3.05) is 44.2 Å². The second-order valence-corrected chi connectivity index (χ2v) is 11.1. The minimum absolute atomic E-state index is 0. The van der Waals surface area contributed by atoms with Gasteiger partial charge in [0, 0.05) is 51.4 Å². The van der Waals surface area contributed by atoms with Crippen LogP contribution in [0.5, 0.6) is 0 Å². The summed E-state index contributed by atoms with van der Waals surface area (Å²) in [5.74, 6) is 0.589. The first kappa shape index (κ1) is 26.9. The van der Waals surface area contributed by atoms with Crippen molar-refractivity contribution < 1.29 is 6.22 Å². The fraction of sp³-hybridized carbons (Fsp3) is 0.400. The standard InChI is InChI=1S/C30H35Cl2N5O.H2/c1-22(24-5-3-2-4-6-24)34-30(38)25-19-28(32)29(33-20-25)37-17-15-36(16-18-37)27-11-13-35(14-12-27)21-23-7-9-26(31)10-8-23;/h2-10,19-20,22,27H,11-18,21H2,1H3,(H,34,38);1H. The number of piperidine rings is 1. The summed E-state index contributed by atoms with van der Waals surface area (Å²) in [6, 6.07) is 20.4. The van der Waals surface area contributed by atoms with Crippen LogP contribution in [0.3, 0.4) is 0 Å². The van der Waals surface area contributed by atoms with Crippen LogP contribution in [0.4, 0.5) is 5.82 Å². The maximum atomic E-state index is 12.8. The lowest BCUT2D eigenvalue weighted by atomic mass is 10.0. The molecule has 1 aromatic heterocycles. The number of nitrogens with one attached hydrogen (secondary N) is 1. The maximum absolute atomic E-state index is 12.8. The first-order valence-electron chi connectivity index (χ1n) is 13.4. The van der Waals surface area contributed by atoms with Gasteiger partial charge in [-0.05, 0) is 62.2 Å². The molecule has 2 aliphatic rings. The predicted molar refractivity (Wildman–Crippen MR) is 157 cm³/mol. The van der Waals surface area contributed by atoms with Gasteiger partial charge in [-0.3, -0.25) is 14.6 Å². The van der Waals surface area contributed by atoms with Gasteiger partial charge < -0.3 is 10.2 Å². The number of carbonyl (C=O) groups is 1. The Hall–Kier alpha value is -2.64. The zero-order chi connectivity index (χ0) is 26.5. The Bertz CT molecular complexity index is 1210. The summed E-state index contributed by atoms with van der Waals surface area (Å²) in [4.78, 5) is 24.8. The molecule has 0 aliphatic carbocycles. The lowest BCUT2D eigenvalue weighted by Gasteiger charge is -2.43. The molecule has 3 aromatic rings. The Morgan fingerprint density at radius 2 is 1.68 bits per heavy atom. The Morgan fingerprint density at radius 3 is 2.34 bits per heavy atom. The number of benzene rings is 2. The molecule has 0 bridgehead atoms. The SMILES string of the molecule is CC(NC(=O)c1cnc(N2CCN(C3CCN(Cc4ccc(Cl)cc4)CC3)CC2)c(Cl)c1)c1ccccc1.[HH]. The normalized spacial score (nSPS) is 18.3. The first-order chi connectivity index (χ1) is 18.5. The lowest BCUT2D eigenvalue weighted by molar-refractivity contribution is 0.0939. The number of halogens is 2. The molecule has 0 spiro atoms. The number of amides is 1. The van der Waals surface area contributed by atoms with Gasteiger partial charge >= 0.3 is 0 Å². The molecule has 1 amide bonds. The van der Waals surface area contributed by atoms with Gasteiger partial charge in [0.05, 0.1) is 16.6 Å². The van der Waals surface area contributed by atoms with E-state index in [-0.39, 0.29) is 13.4 Å². The largest absolute Gasteiger partial charge is 0.353 e. The third-order valence-electron chi connectivity index (χ3n) is 7.74. The number of piperazine rings is 1. The van der Waals surface area contributed by atoms with Crippen molar-refractivity contribution in [1.29, 1.82) is 0 Å². The summed E-state index contributed by atoms with van der Waals surface area (Å²) in [5, 5.41) is 4.34. The van der Waals surface area contributed by atoms with Crippen LogP contribution in [-0.2, 0) is 6.54 Å². The van der Waals surface area contributed by atoms with Gasteiger partial charge in [0.15, 0.2) is 0 Å². The Labute approximate surface area is 237 Å². The van der Waals surface area contributed by atoms with E-state index in [0.717, 1.165) is 62.2 Å². The zero-order valence-electron chi connectivity index (χ0n) is 21.8. The van der Waals surface area contributed by atoms with Crippen LogP contribution in [-0.4, -0.2) is 66.0 Å². The molecule has 2 aromatic carbocycles. The maximum Gasteiger partial charge on any atom is 0.253 e. The van der Waals surface area contributed by atoms with E-state index >= 15 is 0 Å². The average molecular weight is 555 g/mol. The minimum Gasteiger partial charge on any atom is -0.353 e. The summed E-state index contributed by atoms with van der Waals surface area (Å²) in [6.45, 7) is 8.96. The monoisotopic (exact) mass is 553 g/mol. The van der Waals surface area contributed by atoms with Crippen LogP contribution < -0.4 is 10.2 Å². The van der Waals surface area contributed by atoms with Crippen molar-refractivity contribution in [2.24, 2.45) is 0 Å². The predicted octanol–water partition coefficient (Wildman–Crippen LogP) is 5.91. The van der Waals surface area contributed by atoms with E-state index in [2.05, 4.69) is 37.1 Å². The molecule has 0 radical (unpaired) electrons. The van der Waals surface area contributed by atoms with Crippen molar-refractivity contribution in [3.05, 3.63) is 93.6 Å². The number of anilines is 1. The molecule has 1 unspecified atom stereocenters. The molecule has 202 valence electrons. The topological polar surface area (TPSA) is 51.7 Å². The zero-order valence-corrected chi connectivity index (χ0v) is 23.3. The third-order valence-corrected chi connectivity index (χ3v) is 8.27. The molecule has 3 heterocycles. The van der Waals surface area contributed by atoms with Gasteiger partial charge in [-0.15, -0.1) is 0 Å². The van der Waals surface area contributed by atoms with Crippen LogP contribution in [0.2, 0.25) is 10.0 Å². The Kier molecular flexibility index (Phi) is 8.85. The highest BCUT2D eigenvalue weighted by molar-refractivity contribution is 6.33. The first-order valence-corrected chi connectivity index (χ1v) is 14.2. The van der Waals surface area contributed by atoms with Crippen LogP contribution in [0.15, 0.2) is 66.9 Å². The number of pyridine rings is 1. The Morgan fingerprint density at radius 1 is 1.00 bits per heavy atom. The molecule has 1 N–H and O–H groups in total. The van der Waals surface area contributed by atoms with E-state index in [1.54, 1.807) is 12.3 Å². The van der Waals surface area contributed by atoms with Gasteiger partial charge in [-0.2, -0.15) is 0 Å². The molecule has 8 heteroatoms. The van der Waals surface area contributed by atoms with Gasteiger partial charge in [0.2, 0.25) is 0 Å². The molecule has 1 atom stereocenters. The quantitative estimate of drug-likeness (QED) is 0.394. The van der Waals surface area contributed by atoms with Crippen LogP contribution in [0.1, 0.15) is 48.7 Å². The minimum atomic E-state index is -0.172. The fourth-order valence-corrected chi connectivity index (χ4v) is 5.89. The molecular weight excluding hydrogens is 517 g/mol. The van der Waals surface area contributed by atoms with Crippen molar-refractivity contribution in [3.63, 3.8) is 0 Å². The van der Waals surface area contributed by atoms with Crippen molar-refractivity contribution in [2.45, 2.75) is 38.4 Å². The van der Waals surface area contributed by atoms with E-state index in [9.17, 15) is 4.79 Å². The number of aromatic nitrogens is 1. The average Bonchev–Trinajstić information content (AvgIpc) is 2.95. The lowest BCUT2D eigenvalue weighted by Crippen LogP contribution is -2.53. The smallest absolute Gasteiger partial charge is 0.253 e. The third kappa shape index (κ3) is 6.67. The highest BCUT2D eigenvalue weighted by Gasteiger charge is 2.28. The van der Waals surface area contributed by atoms with Gasteiger partial charge in [-0.25, -0.2) is 4.98 Å². The van der Waals surface area contributed by atoms with Crippen LogP contribution in [0, 0.1) is 0 Å². The highest BCUT2D eigenvalue weighted by atomic mass is 35.5. The van der Waals surface area contributed by atoms with Crippen LogP contribution in [0.25, 0.3) is 0 Å². The fourth-order valence-electron chi connectivity index (χ4n) is 5.48. The molecular formula is C30H37Cl2N5O. The van der Waals surface area contributed by atoms with E-state index in [1.807, 2.05) is 49.4 Å². The molecule has 6 nitrogen and oxygen atoms in total. The molecule has 0 saturated carbocycles. The molecule has 2 aliphatic heterocycles. The second kappa shape index (κ2) is 12.5. The van der Waals surface area contributed by atoms with Gasteiger partial charge in [0.1, 0.15) is 5.82 Å². The number of hydrogen-bond acceptors (Lipinski definition) is 5. The summed E-state index contributed by atoms with van der Waals surface area (Å²) >= 11 is 12.6. The van der Waals surface area contributed by atoms with E-state index in [4.69, 9.17) is 23.2 Å². The van der Waals surface area contributed by atoms with E-state index in [0.29, 0.717) is 16.6 Å². The van der Waals surface area contributed by atoms with E-state index < -0.39 is 0 Å². The summed E-state index contributed by atoms with van der Waals surface area (Å²) in [5.41, 5.74) is 2.85. The number of rotatable bonds is 7. The van der Waals surface area contributed by atoms with Gasteiger partial charge in [0.25, 0.3) is 5.91 Å².